The van der Waals surface area contributed by atoms with Crippen molar-refractivity contribution in [2.45, 2.75) is 53.1 Å². The van der Waals surface area contributed by atoms with Crippen LogP contribution in [0.25, 0.3) is 0 Å². The van der Waals surface area contributed by atoms with Crippen LogP contribution in [0.2, 0.25) is 0 Å². The number of carbonyl (C=O) groups is 1. The molecule has 0 rings (SSSR count). The van der Waals surface area contributed by atoms with E-state index in [4.69, 9.17) is 18.9 Å². The number of ether oxygens (including phenoxy) is 4. The van der Waals surface area contributed by atoms with E-state index in [-0.39, 0.29) is 12.0 Å². The standard InChI is InChI=1S/C18H37NO5/c1-16(2)15-18(20)19-7-5-8-21-11-13-23-14-12-22-9-6-10-24-17(3)4/h16-17H,5-15H2,1-4H3,(H,19,20). The van der Waals surface area contributed by atoms with Crippen molar-refractivity contribution in [2.75, 3.05) is 52.8 Å². The monoisotopic (exact) mass is 347 g/mol. The largest absolute Gasteiger partial charge is 0.379 e. The van der Waals surface area contributed by atoms with Gasteiger partial charge in [-0.3, -0.25) is 4.79 Å². The molecule has 6 nitrogen and oxygen atoms in total. The van der Waals surface area contributed by atoms with Crippen LogP contribution in [0.1, 0.15) is 47.0 Å². The van der Waals surface area contributed by atoms with Crippen LogP contribution in [0.4, 0.5) is 0 Å². The molecule has 0 aromatic carbocycles. The van der Waals surface area contributed by atoms with Crippen molar-refractivity contribution in [3.8, 4) is 0 Å². The molecule has 0 spiro atoms. The van der Waals surface area contributed by atoms with Crippen molar-refractivity contribution in [3.63, 3.8) is 0 Å². The van der Waals surface area contributed by atoms with Crippen molar-refractivity contribution in [1.29, 1.82) is 0 Å². The van der Waals surface area contributed by atoms with Crippen molar-refractivity contribution in [2.24, 2.45) is 5.92 Å². The van der Waals surface area contributed by atoms with Crippen LogP contribution in [0.3, 0.4) is 0 Å². The lowest BCUT2D eigenvalue weighted by Crippen LogP contribution is -2.26. The van der Waals surface area contributed by atoms with E-state index in [9.17, 15) is 4.79 Å². The minimum absolute atomic E-state index is 0.115. The maximum Gasteiger partial charge on any atom is 0.220 e. The normalized spacial score (nSPS) is 11.4. The van der Waals surface area contributed by atoms with E-state index in [1.165, 1.54) is 0 Å². The van der Waals surface area contributed by atoms with Gasteiger partial charge in [0.2, 0.25) is 5.91 Å². The van der Waals surface area contributed by atoms with Gasteiger partial charge >= 0.3 is 0 Å². The Morgan fingerprint density at radius 1 is 0.792 bits per heavy atom. The summed E-state index contributed by atoms with van der Waals surface area (Å²) in [5.74, 6) is 0.514. The molecule has 0 unspecified atom stereocenters. The Bertz CT molecular complexity index is 285. The third-order valence-electron chi connectivity index (χ3n) is 3.01. The molecule has 0 aliphatic carbocycles. The zero-order chi connectivity index (χ0) is 18.0. The van der Waals surface area contributed by atoms with Crippen molar-refractivity contribution >= 4 is 5.91 Å². The van der Waals surface area contributed by atoms with E-state index in [1.807, 2.05) is 27.7 Å². The number of carbonyl (C=O) groups excluding carboxylic acids is 1. The average molecular weight is 347 g/mol. The first-order valence-corrected chi connectivity index (χ1v) is 9.14. The highest BCUT2D eigenvalue weighted by Crippen LogP contribution is 1.97. The second-order valence-electron chi connectivity index (χ2n) is 6.41. The Hall–Kier alpha value is -0.690. The van der Waals surface area contributed by atoms with Gasteiger partial charge in [0.15, 0.2) is 0 Å². The minimum Gasteiger partial charge on any atom is -0.379 e. The van der Waals surface area contributed by atoms with Gasteiger partial charge in [0.25, 0.3) is 0 Å². The topological polar surface area (TPSA) is 66.0 Å². The molecule has 0 aliphatic heterocycles. The number of amides is 1. The Balaban J connectivity index is 3.09. The maximum atomic E-state index is 11.4. The molecule has 0 fully saturated rings. The Labute approximate surface area is 147 Å². The molecule has 0 heterocycles. The molecule has 0 aromatic heterocycles. The van der Waals surface area contributed by atoms with E-state index in [0.29, 0.717) is 58.5 Å². The van der Waals surface area contributed by atoms with Gasteiger partial charge in [0, 0.05) is 32.8 Å². The van der Waals surface area contributed by atoms with Gasteiger partial charge in [-0.1, -0.05) is 13.8 Å². The fourth-order valence-electron chi connectivity index (χ4n) is 1.87. The molecule has 0 aliphatic rings. The van der Waals surface area contributed by atoms with Crippen LogP contribution in [0, 0.1) is 5.92 Å². The molecule has 0 atom stereocenters. The van der Waals surface area contributed by atoms with Gasteiger partial charge in [0.05, 0.1) is 32.5 Å². The number of hydrogen-bond acceptors (Lipinski definition) is 5. The van der Waals surface area contributed by atoms with Crippen LogP contribution in [0.15, 0.2) is 0 Å². The molecule has 1 amide bonds. The molecular formula is C18H37NO5. The summed E-state index contributed by atoms with van der Waals surface area (Å²) in [5.41, 5.74) is 0. The highest BCUT2D eigenvalue weighted by atomic mass is 16.5. The van der Waals surface area contributed by atoms with E-state index in [0.717, 1.165) is 19.4 Å². The highest BCUT2D eigenvalue weighted by Gasteiger charge is 2.03. The summed E-state index contributed by atoms with van der Waals surface area (Å²) in [7, 11) is 0. The molecule has 24 heavy (non-hydrogen) atoms. The van der Waals surface area contributed by atoms with E-state index in [2.05, 4.69) is 5.32 Å². The molecular weight excluding hydrogens is 310 g/mol. The third-order valence-corrected chi connectivity index (χ3v) is 3.01. The molecule has 144 valence electrons. The van der Waals surface area contributed by atoms with Crippen molar-refractivity contribution in [1.82, 2.24) is 5.32 Å². The van der Waals surface area contributed by atoms with Gasteiger partial charge in [-0.15, -0.1) is 0 Å². The van der Waals surface area contributed by atoms with Gasteiger partial charge in [-0.25, -0.2) is 0 Å². The zero-order valence-corrected chi connectivity index (χ0v) is 16.0. The number of hydrogen-bond donors (Lipinski definition) is 1. The van der Waals surface area contributed by atoms with Crippen LogP contribution in [-0.2, 0) is 23.7 Å². The predicted molar refractivity (Wildman–Crippen MR) is 95.2 cm³/mol. The summed E-state index contributed by atoms with van der Waals surface area (Å²) < 4.78 is 21.7. The summed E-state index contributed by atoms with van der Waals surface area (Å²) in [6, 6.07) is 0. The quantitative estimate of drug-likeness (QED) is 0.409. The first-order valence-electron chi connectivity index (χ1n) is 9.14. The van der Waals surface area contributed by atoms with Crippen LogP contribution in [0.5, 0.6) is 0 Å². The van der Waals surface area contributed by atoms with Crippen LogP contribution in [-0.4, -0.2) is 64.8 Å². The number of nitrogens with one attached hydrogen (secondary N) is 1. The first kappa shape index (κ1) is 23.3. The fraction of sp³-hybridized carbons (Fsp3) is 0.944. The Morgan fingerprint density at radius 2 is 1.33 bits per heavy atom. The van der Waals surface area contributed by atoms with Gasteiger partial charge in [-0.05, 0) is 32.6 Å². The molecule has 6 heteroatoms. The summed E-state index contributed by atoms with van der Waals surface area (Å²) >= 11 is 0. The smallest absolute Gasteiger partial charge is 0.220 e. The summed E-state index contributed by atoms with van der Waals surface area (Å²) in [4.78, 5) is 11.4. The van der Waals surface area contributed by atoms with Crippen LogP contribution < -0.4 is 5.32 Å². The number of rotatable bonds is 17. The van der Waals surface area contributed by atoms with Gasteiger partial charge in [0.1, 0.15) is 0 Å². The lowest BCUT2D eigenvalue weighted by molar-refractivity contribution is -0.121. The summed E-state index contributed by atoms with van der Waals surface area (Å²) in [6.45, 7) is 13.2. The van der Waals surface area contributed by atoms with Crippen LogP contribution >= 0.6 is 0 Å². The maximum absolute atomic E-state index is 11.4. The molecule has 0 saturated heterocycles. The molecule has 0 saturated carbocycles. The molecule has 0 radical (unpaired) electrons. The zero-order valence-electron chi connectivity index (χ0n) is 16.0. The molecule has 1 N–H and O–H groups in total. The van der Waals surface area contributed by atoms with E-state index >= 15 is 0 Å². The minimum atomic E-state index is 0.115. The van der Waals surface area contributed by atoms with Gasteiger partial charge < -0.3 is 24.3 Å². The second kappa shape index (κ2) is 17.1. The Kier molecular flexibility index (Phi) is 16.7. The third kappa shape index (κ3) is 19.4. The lowest BCUT2D eigenvalue weighted by Gasteiger charge is -2.09. The Morgan fingerprint density at radius 3 is 1.88 bits per heavy atom. The first-order chi connectivity index (χ1) is 11.5. The van der Waals surface area contributed by atoms with E-state index < -0.39 is 0 Å². The van der Waals surface area contributed by atoms with Gasteiger partial charge in [-0.2, -0.15) is 0 Å². The van der Waals surface area contributed by atoms with Crippen molar-refractivity contribution < 1.29 is 23.7 Å². The van der Waals surface area contributed by atoms with E-state index in [1.54, 1.807) is 0 Å². The summed E-state index contributed by atoms with van der Waals surface area (Å²) in [5, 5.41) is 2.88. The molecule has 0 aromatic rings. The molecule has 0 bridgehead atoms. The predicted octanol–water partition coefficient (Wildman–Crippen LogP) is 2.40. The second-order valence-corrected chi connectivity index (χ2v) is 6.41. The summed E-state index contributed by atoms with van der Waals surface area (Å²) in [6.07, 6.45) is 2.60. The fourth-order valence-corrected chi connectivity index (χ4v) is 1.87. The highest BCUT2D eigenvalue weighted by molar-refractivity contribution is 5.75. The van der Waals surface area contributed by atoms with Crippen molar-refractivity contribution in [3.05, 3.63) is 0 Å². The SMILES string of the molecule is CC(C)CC(=O)NCCCOCCOCCOCCCOC(C)C. The lowest BCUT2D eigenvalue weighted by atomic mass is 10.1. The average Bonchev–Trinajstić information content (AvgIpc) is 2.50.